The van der Waals surface area contributed by atoms with E-state index in [1.165, 1.54) is 25.7 Å². The first kappa shape index (κ1) is 6.66. The Balaban J connectivity index is 2.01. The molecule has 1 saturated carbocycles. The van der Waals surface area contributed by atoms with Crippen molar-refractivity contribution in [3.8, 4) is 0 Å². The van der Waals surface area contributed by atoms with Crippen molar-refractivity contribution in [2.45, 2.75) is 51.2 Å². The van der Waals surface area contributed by atoms with Gasteiger partial charge in [-0.05, 0) is 26.7 Å². The lowest BCUT2D eigenvalue weighted by Crippen LogP contribution is -2.57. The third-order valence-electron chi connectivity index (χ3n) is 3.05. The summed E-state index contributed by atoms with van der Waals surface area (Å²) in [5.74, 6) is 0.876. The Morgan fingerprint density at radius 1 is 1.20 bits per heavy atom. The first-order valence-electron chi connectivity index (χ1n) is 4.38. The fourth-order valence-corrected chi connectivity index (χ4v) is 2.44. The Hall–Kier alpha value is -0.0400. The second-order valence-corrected chi connectivity index (χ2v) is 4.15. The lowest BCUT2D eigenvalue weighted by atomic mass is 9.71. The van der Waals surface area contributed by atoms with E-state index in [9.17, 15) is 0 Å². The fraction of sp³-hybridized carbons (Fsp3) is 1.00. The van der Waals surface area contributed by atoms with Crippen LogP contribution in [0.4, 0.5) is 0 Å². The van der Waals surface area contributed by atoms with E-state index in [0.717, 1.165) is 5.92 Å². The molecule has 1 heteroatoms. The highest BCUT2D eigenvalue weighted by atomic mass is 16.5. The Labute approximate surface area is 62.8 Å². The predicted octanol–water partition coefficient (Wildman–Crippen LogP) is 2.35. The molecule has 2 aliphatic rings. The molecule has 0 radical (unpaired) electrons. The molecule has 0 amide bonds. The van der Waals surface area contributed by atoms with Gasteiger partial charge in [-0.25, -0.2) is 0 Å². The van der Waals surface area contributed by atoms with Crippen LogP contribution in [0.5, 0.6) is 0 Å². The van der Waals surface area contributed by atoms with Crippen molar-refractivity contribution in [2.75, 3.05) is 0 Å². The van der Waals surface area contributed by atoms with Crippen LogP contribution in [0.15, 0.2) is 0 Å². The Morgan fingerprint density at radius 3 is 2.40 bits per heavy atom. The largest absolute Gasteiger partial charge is 0.372 e. The van der Waals surface area contributed by atoms with E-state index >= 15 is 0 Å². The molecule has 1 saturated heterocycles. The van der Waals surface area contributed by atoms with Crippen molar-refractivity contribution in [3.63, 3.8) is 0 Å². The van der Waals surface area contributed by atoms with Gasteiger partial charge in [-0.1, -0.05) is 12.8 Å². The van der Waals surface area contributed by atoms with Gasteiger partial charge in [-0.3, -0.25) is 0 Å². The molecule has 0 spiro atoms. The first-order valence-corrected chi connectivity index (χ1v) is 4.38. The van der Waals surface area contributed by atoms with Crippen LogP contribution in [0, 0.1) is 5.92 Å². The van der Waals surface area contributed by atoms with Crippen LogP contribution in [0.1, 0.15) is 39.5 Å². The highest BCUT2D eigenvalue weighted by Gasteiger charge is 2.48. The molecule has 0 aromatic carbocycles. The van der Waals surface area contributed by atoms with Crippen LogP contribution in [0.3, 0.4) is 0 Å². The summed E-state index contributed by atoms with van der Waals surface area (Å²) in [6, 6.07) is 0. The summed E-state index contributed by atoms with van der Waals surface area (Å²) in [6.45, 7) is 4.44. The van der Waals surface area contributed by atoms with E-state index in [-0.39, 0.29) is 5.60 Å². The molecule has 0 bridgehead atoms. The van der Waals surface area contributed by atoms with Crippen molar-refractivity contribution < 1.29 is 4.74 Å². The Bertz CT molecular complexity index is 140. The van der Waals surface area contributed by atoms with Crippen molar-refractivity contribution in [2.24, 2.45) is 5.92 Å². The zero-order valence-electron chi connectivity index (χ0n) is 6.89. The summed E-state index contributed by atoms with van der Waals surface area (Å²) in [5, 5.41) is 0. The molecular weight excluding hydrogens is 124 g/mol. The normalized spacial score (nSPS) is 43.8. The summed E-state index contributed by atoms with van der Waals surface area (Å²) in [5.41, 5.74) is 0.213. The van der Waals surface area contributed by atoms with Crippen LogP contribution < -0.4 is 0 Å². The molecular formula is C9H16O. The molecule has 1 aliphatic carbocycles. The topological polar surface area (TPSA) is 9.23 Å². The molecule has 1 nitrogen and oxygen atoms in total. The number of ether oxygens (including phenoxy) is 1. The van der Waals surface area contributed by atoms with Crippen LogP contribution in [-0.4, -0.2) is 11.7 Å². The third kappa shape index (κ3) is 0.800. The molecule has 10 heavy (non-hydrogen) atoms. The molecule has 2 unspecified atom stereocenters. The first-order chi connectivity index (χ1) is 4.70. The van der Waals surface area contributed by atoms with Crippen LogP contribution >= 0.6 is 0 Å². The van der Waals surface area contributed by atoms with Gasteiger partial charge >= 0.3 is 0 Å². The van der Waals surface area contributed by atoms with Gasteiger partial charge in [0.1, 0.15) is 0 Å². The van der Waals surface area contributed by atoms with Crippen molar-refractivity contribution in [1.29, 1.82) is 0 Å². The molecule has 2 atom stereocenters. The summed E-state index contributed by atoms with van der Waals surface area (Å²) in [4.78, 5) is 0. The van der Waals surface area contributed by atoms with Gasteiger partial charge in [0.2, 0.25) is 0 Å². The highest BCUT2D eigenvalue weighted by Crippen LogP contribution is 2.46. The number of hydrogen-bond donors (Lipinski definition) is 0. The average molecular weight is 140 g/mol. The monoisotopic (exact) mass is 140 g/mol. The molecule has 1 aliphatic heterocycles. The standard InChI is InChI=1S/C9H16O/c1-9(2)7-5-3-4-6-8(7)10-9/h7-8H,3-6H2,1-2H3. The third-order valence-corrected chi connectivity index (χ3v) is 3.05. The van der Waals surface area contributed by atoms with Gasteiger partial charge in [-0.2, -0.15) is 0 Å². The molecule has 0 aromatic heterocycles. The second kappa shape index (κ2) is 1.97. The number of rotatable bonds is 0. The minimum atomic E-state index is 0.213. The zero-order valence-corrected chi connectivity index (χ0v) is 6.89. The van der Waals surface area contributed by atoms with Gasteiger partial charge in [0.05, 0.1) is 11.7 Å². The maximum atomic E-state index is 5.73. The molecule has 0 N–H and O–H groups in total. The van der Waals surface area contributed by atoms with Gasteiger partial charge in [0.15, 0.2) is 0 Å². The van der Waals surface area contributed by atoms with E-state index in [2.05, 4.69) is 13.8 Å². The van der Waals surface area contributed by atoms with E-state index in [4.69, 9.17) is 4.74 Å². The molecule has 2 rings (SSSR count). The minimum absolute atomic E-state index is 0.213. The lowest BCUT2D eigenvalue weighted by Gasteiger charge is -2.54. The SMILES string of the molecule is CC1(C)OC2CCCCC21. The van der Waals surface area contributed by atoms with Crippen molar-refractivity contribution >= 4 is 0 Å². The fourth-order valence-electron chi connectivity index (χ4n) is 2.44. The molecule has 2 fully saturated rings. The van der Waals surface area contributed by atoms with Gasteiger partial charge in [-0.15, -0.1) is 0 Å². The predicted molar refractivity (Wildman–Crippen MR) is 40.9 cm³/mol. The van der Waals surface area contributed by atoms with Gasteiger partial charge in [0, 0.05) is 5.92 Å². The van der Waals surface area contributed by atoms with E-state index in [1.54, 1.807) is 0 Å². The van der Waals surface area contributed by atoms with E-state index in [1.807, 2.05) is 0 Å². The maximum Gasteiger partial charge on any atom is 0.0683 e. The van der Waals surface area contributed by atoms with Crippen LogP contribution in [-0.2, 0) is 4.74 Å². The highest BCUT2D eigenvalue weighted by molar-refractivity contribution is 4.97. The lowest BCUT2D eigenvalue weighted by molar-refractivity contribution is -0.254. The molecule has 58 valence electrons. The van der Waals surface area contributed by atoms with Gasteiger partial charge < -0.3 is 4.74 Å². The second-order valence-electron chi connectivity index (χ2n) is 4.15. The summed E-state index contributed by atoms with van der Waals surface area (Å²) in [6.07, 6.45) is 6.15. The number of hydrogen-bond acceptors (Lipinski definition) is 1. The maximum absolute atomic E-state index is 5.73. The smallest absolute Gasteiger partial charge is 0.0683 e. The number of fused-ring (bicyclic) bond motifs is 1. The molecule has 0 aromatic rings. The van der Waals surface area contributed by atoms with Crippen LogP contribution in [0.2, 0.25) is 0 Å². The Kier molecular flexibility index (Phi) is 1.31. The van der Waals surface area contributed by atoms with Gasteiger partial charge in [0.25, 0.3) is 0 Å². The van der Waals surface area contributed by atoms with Crippen LogP contribution in [0.25, 0.3) is 0 Å². The van der Waals surface area contributed by atoms with Crippen molar-refractivity contribution in [3.05, 3.63) is 0 Å². The summed E-state index contributed by atoms with van der Waals surface area (Å²) < 4.78 is 5.73. The zero-order chi connectivity index (χ0) is 7.19. The average Bonchev–Trinajstić information content (AvgIpc) is 1.86. The van der Waals surface area contributed by atoms with E-state index < -0.39 is 0 Å². The quantitative estimate of drug-likeness (QED) is 0.502. The van der Waals surface area contributed by atoms with Crippen molar-refractivity contribution in [1.82, 2.24) is 0 Å². The molecule has 1 heterocycles. The Morgan fingerprint density at radius 2 is 1.90 bits per heavy atom. The summed E-state index contributed by atoms with van der Waals surface area (Å²) >= 11 is 0. The van der Waals surface area contributed by atoms with E-state index in [0.29, 0.717) is 6.10 Å². The minimum Gasteiger partial charge on any atom is -0.372 e. The summed E-state index contributed by atoms with van der Waals surface area (Å²) in [7, 11) is 0.